The van der Waals surface area contributed by atoms with Gasteiger partial charge in [-0.15, -0.1) is 0 Å². The lowest BCUT2D eigenvalue weighted by Crippen LogP contribution is -2.11. The molecule has 0 atom stereocenters. The second-order valence-corrected chi connectivity index (χ2v) is 3.87. The van der Waals surface area contributed by atoms with Gasteiger partial charge in [0.25, 0.3) is 0 Å². The number of hydrogen-bond donors (Lipinski definition) is 0. The Kier molecular flexibility index (Phi) is 3.06. The smallest absolute Gasteiger partial charge is 0.224 e. The van der Waals surface area contributed by atoms with E-state index >= 15 is 0 Å². The second kappa shape index (κ2) is 4.49. The lowest BCUT2D eigenvalue weighted by atomic mass is 10.3. The average Bonchev–Trinajstić information content (AvgIpc) is 2.28. The number of rotatable bonds is 2. The Morgan fingerprint density at radius 1 is 1.12 bits per heavy atom. The van der Waals surface area contributed by atoms with E-state index in [1.807, 2.05) is 55.3 Å². The molecule has 16 heavy (non-hydrogen) atoms. The van der Waals surface area contributed by atoms with E-state index in [1.165, 1.54) is 0 Å². The third-order valence-corrected chi connectivity index (χ3v) is 2.47. The van der Waals surface area contributed by atoms with Crippen LogP contribution in [0.1, 0.15) is 5.69 Å². The number of hydrogen-bond acceptors (Lipinski definition) is 3. The van der Waals surface area contributed by atoms with Crippen LogP contribution in [0.4, 0.5) is 11.5 Å². The summed E-state index contributed by atoms with van der Waals surface area (Å²) in [6.45, 7) is 1.90. The van der Waals surface area contributed by atoms with Crippen molar-refractivity contribution >= 4 is 23.1 Å². The summed E-state index contributed by atoms with van der Waals surface area (Å²) in [7, 11) is 1.95. The van der Waals surface area contributed by atoms with E-state index in [2.05, 4.69) is 9.97 Å². The van der Waals surface area contributed by atoms with Gasteiger partial charge in [-0.25, -0.2) is 9.97 Å². The zero-order valence-corrected chi connectivity index (χ0v) is 9.94. The summed E-state index contributed by atoms with van der Waals surface area (Å²) in [6, 6.07) is 11.9. The minimum atomic E-state index is 0.276. The predicted molar refractivity (Wildman–Crippen MR) is 66.3 cm³/mol. The van der Waals surface area contributed by atoms with E-state index in [0.29, 0.717) is 0 Å². The van der Waals surface area contributed by atoms with Gasteiger partial charge < -0.3 is 4.90 Å². The van der Waals surface area contributed by atoms with E-state index < -0.39 is 0 Å². The van der Waals surface area contributed by atoms with Crippen LogP contribution in [0, 0.1) is 6.92 Å². The van der Waals surface area contributed by atoms with Gasteiger partial charge in [-0.2, -0.15) is 0 Å². The molecule has 0 amide bonds. The standard InChI is InChI=1S/C12H12ClN3/c1-9-8-11(15-12(13)14-9)16(2)10-6-4-3-5-7-10/h3-8H,1-2H3. The van der Waals surface area contributed by atoms with Gasteiger partial charge in [-0.1, -0.05) is 18.2 Å². The predicted octanol–water partition coefficient (Wildman–Crippen LogP) is 3.21. The second-order valence-electron chi connectivity index (χ2n) is 3.53. The number of anilines is 2. The maximum absolute atomic E-state index is 5.83. The Labute approximate surface area is 99.7 Å². The zero-order valence-electron chi connectivity index (χ0n) is 9.18. The molecule has 0 radical (unpaired) electrons. The van der Waals surface area contributed by atoms with E-state index in [4.69, 9.17) is 11.6 Å². The Hall–Kier alpha value is -1.61. The lowest BCUT2D eigenvalue weighted by Gasteiger charge is -2.18. The number of halogens is 1. The van der Waals surface area contributed by atoms with Gasteiger partial charge in [0.05, 0.1) is 0 Å². The first-order valence-electron chi connectivity index (χ1n) is 4.97. The van der Waals surface area contributed by atoms with Gasteiger partial charge in [-0.3, -0.25) is 0 Å². The van der Waals surface area contributed by atoms with Crippen LogP contribution in [0.25, 0.3) is 0 Å². The van der Waals surface area contributed by atoms with Crippen molar-refractivity contribution < 1.29 is 0 Å². The molecule has 82 valence electrons. The molecule has 0 aliphatic heterocycles. The molecule has 2 aromatic rings. The molecule has 0 unspecified atom stereocenters. The maximum atomic E-state index is 5.83. The van der Waals surface area contributed by atoms with Crippen molar-refractivity contribution in [2.45, 2.75) is 6.92 Å². The van der Waals surface area contributed by atoms with Gasteiger partial charge in [0.1, 0.15) is 5.82 Å². The topological polar surface area (TPSA) is 29.0 Å². The number of aryl methyl sites for hydroxylation is 1. The van der Waals surface area contributed by atoms with Crippen molar-refractivity contribution in [2.75, 3.05) is 11.9 Å². The van der Waals surface area contributed by atoms with Gasteiger partial charge in [0.2, 0.25) is 5.28 Å². The number of benzene rings is 1. The Morgan fingerprint density at radius 2 is 1.81 bits per heavy atom. The summed E-state index contributed by atoms with van der Waals surface area (Å²) >= 11 is 5.83. The van der Waals surface area contributed by atoms with Gasteiger partial charge >= 0.3 is 0 Å². The van der Waals surface area contributed by atoms with Gasteiger partial charge in [0.15, 0.2) is 0 Å². The normalized spacial score (nSPS) is 10.2. The third-order valence-electron chi connectivity index (χ3n) is 2.30. The summed E-state index contributed by atoms with van der Waals surface area (Å²) < 4.78 is 0. The fourth-order valence-electron chi connectivity index (χ4n) is 1.47. The quantitative estimate of drug-likeness (QED) is 0.746. The van der Waals surface area contributed by atoms with Crippen LogP contribution in [0.2, 0.25) is 5.28 Å². The minimum Gasteiger partial charge on any atom is -0.329 e. The van der Waals surface area contributed by atoms with Crippen molar-refractivity contribution in [3.8, 4) is 0 Å². The molecule has 0 aliphatic carbocycles. The summed E-state index contributed by atoms with van der Waals surface area (Å²) in [5.74, 6) is 0.795. The molecule has 0 spiro atoms. The van der Waals surface area contributed by atoms with Gasteiger partial charge in [-0.05, 0) is 30.7 Å². The van der Waals surface area contributed by atoms with Crippen LogP contribution >= 0.6 is 11.6 Å². The van der Waals surface area contributed by atoms with E-state index in [0.717, 1.165) is 17.2 Å². The van der Waals surface area contributed by atoms with Crippen LogP contribution in [-0.2, 0) is 0 Å². The number of nitrogens with zero attached hydrogens (tertiary/aromatic N) is 3. The first kappa shape index (κ1) is 10.9. The molecule has 3 nitrogen and oxygen atoms in total. The van der Waals surface area contributed by atoms with Crippen molar-refractivity contribution in [2.24, 2.45) is 0 Å². The highest BCUT2D eigenvalue weighted by Gasteiger charge is 2.06. The zero-order chi connectivity index (χ0) is 11.5. The average molecular weight is 234 g/mol. The maximum Gasteiger partial charge on any atom is 0.224 e. The highest BCUT2D eigenvalue weighted by molar-refractivity contribution is 6.28. The monoisotopic (exact) mass is 233 g/mol. The summed E-state index contributed by atoms with van der Waals surface area (Å²) in [5.41, 5.74) is 1.93. The SMILES string of the molecule is Cc1cc(N(C)c2ccccc2)nc(Cl)n1. The molecule has 0 aliphatic rings. The van der Waals surface area contributed by atoms with Crippen LogP contribution in [0.5, 0.6) is 0 Å². The Morgan fingerprint density at radius 3 is 2.44 bits per heavy atom. The Bertz CT molecular complexity index is 465. The first-order chi connectivity index (χ1) is 7.66. The highest BCUT2D eigenvalue weighted by Crippen LogP contribution is 2.22. The summed E-state index contributed by atoms with van der Waals surface area (Å²) in [6.07, 6.45) is 0. The number of aromatic nitrogens is 2. The van der Waals surface area contributed by atoms with Crippen molar-refractivity contribution in [1.29, 1.82) is 0 Å². The molecule has 0 saturated carbocycles. The van der Waals surface area contributed by atoms with Crippen molar-refractivity contribution in [3.05, 3.63) is 47.4 Å². The molecule has 0 bridgehead atoms. The Balaban J connectivity index is 2.37. The molecule has 0 N–H and O–H groups in total. The molecule has 0 fully saturated rings. The summed E-state index contributed by atoms with van der Waals surface area (Å²) in [5, 5.41) is 0.276. The molecule has 1 heterocycles. The molecule has 1 aromatic carbocycles. The van der Waals surface area contributed by atoms with E-state index in [1.54, 1.807) is 0 Å². The minimum absolute atomic E-state index is 0.276. The fraction of sp³-hybridized carbons (Fsp3) is 0.167. The van der Waals surface area contributed by atoms with Gasteiger partial charge in [0, 0.05) is 24.5 Å². The third kappa shape index (κ3) is 2.31. The molecule has 2 rings (SSSR count). The molecule has 0 saturated heterocycles. The van der Waals surface area contributed by atoms with E-state index in [9.17, 15) is 0 Å². The van der Waals surface area contributed by atoms with Crippen LogP contribution < -0.4 is 4.90 Å². The van der Waals surface area contributed by atoms with Crippen LogP contribution in [0.3, 0.4) is 0 Å². The molecule has 4 heteroatoms. The molecular formula is C12H12ClN3. The highest BCUT2D eigenvalue weighted by atomic mass is 35.5. The lowest BCUT2D eigenvalue weighted by molar-refractivity contribution is 1.05. The largest absolute Gasteiger partial charge is 0.329 e. The summed E-state index contributed by atoms with van der Waals surface area (Å²) in [4.78, 5) is 10.2. The van der Waals surface area contributed by atoms with Crippen molar-refractivity contribution in [1.82, 2.24) is 9.97 Å². The first-order valence-corrected chi connectivity index (χ1v) is 5.34. The fourth-order valence-corrected chi connectivity index (χ4v) is 1.69. The molecular weight excluding hydrogens is 222 g/mol. The van der Waals surface area contributed by atoms with E-state index in [-0.39, 0.29) is 5.28 Å². The van der Waals surface area contributed by atoms with Crippen molar-refractivity contribution in [3.63, 3.8) is 0 Å². The van der Waals surface area contributed by atoms with Crippen LogP contribution in [-0.4, -0.2) is 17.0 Å². The number of para-hydroxylation sites is 1. The van der Waals surface area contributed by atoms with Crippen LogP contribution in [0.15, 0.2) is 36.4 Å². The molecule has 1 aromatic heterocycles.